The first kappa shape index (κ1) is 20.9. The highest BCUT2D eigenvalue weighted by Gasteiger charge is 2.21. The minimum atomic E-state index is -0.194. The van der Waals surface area contributed by atoms with Crippen LogP contribution < -0.4 is 10.2 Å². The molecule has 0 aliphatic carbocycles. The number of carbonyl (C=O) groups is 1. The Kier molecular flexibility index (Phi) is 6.43. The lowest BCUT2D eigenvalue weighted by Gasteiger charge is -2.18. The molecule has 4 rings (SSSR count). The van der Waals surface area contributed by atoms with Crippen molar-refractivity contribution in [3.8, 4) is 0 Å². The average molecular weight is 445 g/mol. The highest BCUT2D eigenvalue weighted by atomic mass is 35.5. The standard InChI is InChI=1S/C21H25ClN6OS/c1-14(2)30-21-25-18(27-10-5-6-11-27)16-13-24-28(19(16)26-21)12-9-23-20(29)15-7-3-4-8-17(15)22/h3-4,7-8,13-14H,5-6,9-12H2,1-2H3,(H,23,29). The maximum atomic E-state index is 12.4. The molecule has 0 bridgehead atoms. The third-order valence-electron chi connectivity index (χ3n) is 4.93. The number of rotatable bonds is 7. The van der Waals surface area contributed by atoms with Crippen LogP contribution in [-0.2, 0) is 6.54 Å². The van der Waals surface area contributed by atoms with E-state index in [0.717, 1.165) is 35.1 Å². The summed E-state index contributed by atoms with van der Waals surface area (Å²) in [6.45, 7) is 7.23. The van der Waals surface area contributed by atoms with Gasteiger partial charge in [0, 0.05) is 24.9 Å². The molecular formula is C21H25ClN6OS. The number of hydrogen-bond acceptors (Lipinski definition) is 6. The zero-order valence-electron chi connectivity index (χ0n) is 17.1. The predicted molar refractivity (Wildman–Crippen MR) is 122 cm³/mol. The first-order chi connectivity index (χ1) is 14.5. The number of nitrogens with zero attached hydrogens (tertiary/aromatic N) is 5. The van der Waals surface area contributed by atoms with Gasteiger partial charge in [-0.3, -0.25) is 4.79 Å². The van der Waals surface area contributed by atoms with E-state index in [4.69, 9.17) is 21.6 Å². The smallest absolute Gasteiger partial charge is 0.252 e. The summed E-state index contributed by atoms with van der Waals surface area (Å²) in [6.07, 6.45) is 4.20. The Morgan fingerprint density at radius 1 is 1.23 bits per heavy atom. The molecule has 2 aromatic heterocycles. The van der Waals surface area contributed by atoms with Gasteiger partial charge in [-0.2, -0.15) is 5.10 Å². The van der Waals surface area contributed by atoms with Crippen molar-refractivity contribution in [2.24, 2.45) is 0 Å². The lowest BCUT2D eigenvalue weighted by Crippen LogP contribution is -2.27. The number of amides is 1. The van der Waals surface area contributed by atoms with Gasteiger partial charge in [0.1, 0.15) is 5.82 Å². The second-order valence-corrected chi connectivity index (χ2v) is 9.48. The zero-order chi connectivity index (χ0) is 21.1. The fraction of sp³-hybridized carbons (Fsp3) is 0.429. The van der Waals surface area contributed by atoms with Crippen LogP contribution in [0.4, 0.5) is 5.82 Å². The van der Waals surface area contributed by atoms with Gasteiger partial charge in [-0.1, -0.05) is 49.3 Å². The van der Waals surface area contributed by atoms with Crippen LogP contribution >= 0.6 is 23.4 Å². The van der Waals surface area contributed by atoms with E-state index >= 15 is 0 Å². The number of carbonyl (C=O) groups excluding carboxylic acids is 1. The van der Waals surface area contributed by atoms with Crippen LogP contribution in [0.1, 0.15) is 37.0 Å². The third-order valence-corrected chi connectivity index (χ3v) is 6.12. The summed E-state index contributed by atoms with van der Waals surface area (Å²) in [5.41, 5.74) is 1.28. The van der Waals surface area contributed by atoms with E-state index in [1.165, 1.54) is 12.8 Å². The summed E-state index contributed by atoms with van der Waals surface area (Å²) >= 11 is 7.76. The minimum Gasteiger partial charge on any atom is -0.356 e. The summed E-state index contributed by atoms with van der Waals surface area (Å²) in [6, 6.07) is 7.03. The molecule has 0 radical (unpaired) electrons. The highest BCUT2D eigenvalue weighted by molar-refractivity contribution is 7.99. The van der Waals surface area contributed by atoms with Crippen molar-refractivity contribution in [3.63, 3.8) is 0 Å². The Hall–Kier alpha value is -2.32. The van der Waals surface area contributed by atoms with E-state index in [2.05, 4.69) is 29.2 Å². The second kappa shape index (κ2) is 9.22. The number of hydrogen-bond donors (Lipinski definition) is 1. The second-order valence-electron chi connectivity index (χ2n) is 7.53. The van der Waals surface area contributed by atoms with Gasteiger partial charge in [-0.15, -0.1) is 0 Å². The summed E-state index contributed by atoms with van der Waals surface area (Å²) in [5, 5.41) is 10.0. The molecule has 1 saturated heterocycles. The van der Waals surface area contributed by atoms with Gasteiger partial charge < -0.3 is 10.2 Å². The molecule has 0 saturated carbocycles. The third kappa shape index (κ3) is 4.54. The molecule has 30 heavy (non-hydrogen) atoms. The quantitative estimate of drug-likeness (QED) is 0.438. The molecule has 0 atom stereocenters. The van der Waals surface area contributed by atoms with Gasteiger partial charge >= 0.3 is 0 Å². The van der Waals surface area contributed by atoms with Gasteiger partial charge in [0.15, 0.2) is 10.8 Å². The van der Waals surface area contributed by atoms with E-state index in [-0.39, 0.29) is 5.91 Å². The van der Waals surface area contributed by atoms with Gasteiger partial charge in [0.05, 0.1) is 28.7 Å². The maximum absolute atomic E-state index is 12.4. The largest absolute Gasteiger partial charge is 0.356 e. The number of benzene rings is 1. The molecule has 3 heterocycles. The highest BCUT2D eigenvalue weighted by Crippen LogP contribution is 2.30. The number of anilines is 1. The Morgan fingerprint density at radius 2 is 2.00 bits per heavy atom. The van der Waals surface area contributed by atoms with Gasteiger partial charge in [0.25, 0.3) is 5.91 Å². The van der Waals surface area contributed by atoms with E-state index in [9.17, 15) is 4.79 Å². The van der Waals surface area contributed by atoms with Crippen molar-refractivity contribution in [1.29, 1.82) is 0 Å². The molecule has 1 amide bonds. The predicted octanol–water partition coefficient (Wildman–Crippen LogP) is 4.01. The topological polar surface area (TPSA) is 75.9 Å². The Labute approximate surface area is 185 Å². The average Bonchev–Trinajstić information content (AvgIpc) is 3.38. The molecule has 1 fully saturated rings. The van der Waals surface area contributed by atoms with Crippen LogP contribution in [0.2, 0.25) is 5.02 Å². The Bertz CT molecular complexity index is 1050. The van der Waals surface area contributed by atoms with Crippen molar-refractivity contribution < 1.29 is 4.79 Å². The van der Waals surface area contributed by atoms with Crippen LogP contribution in [0.25, 0.3) is 11.0 Å². The number of halogens is 1. The number of aromatic nitrogens is 4. The molecule has 1 aliphatic heterocycles. The van der Waals surface area contributed by atoms with Crippen LogP contribution in [0.5, 0.6) is 0 Å². The molecule has 0 spiro atoms. The lowest BCUT2D eigenvalue weighted by atomic mass is 10.2. The van der Waals surface area contributed by atoms with Crippen LogP contribution in [0.3, 0.4) is 0 Å². The van der Waals surface area contributed by atoms with Gasteiger partial charge in [-0.05, 0) is 25.0 Å². The SMILES string of the molecule is CC(C)Sc1nc(N2CCCC2)c2cnn(CCNC(=O)c3ccccc3Cl)c2n1. The minimum absolute atomic E-state index is 0.194. The fourth-order valence-corrected chi connectivity index (χ4v) is 4.46. The van der Waals surface area contributed by atoms with Crippen LogP contribution in [-0.4, -0.2) is 50.5 Å². The molecule has 1 aliphatic rings. The number of fused-ring (bicyclic) bond motifs is 1. The zero-order valence-corrected chi connectivity index (χ0v) is 18.7. The Morgan fingerprint density at radius 3 is 2.73 bits per heavy atom. The van der Waals surface area contributed by atoms with E-state index in [1.807, 2.05) is 10.9 Å². The molecule has 1 aromatic carbocycles. The number of nitrogens with one attached hydrogen (secondary N) is 1. The van der Waals surface area contributed by atoms with Gasteiger partial charge in [-0.25, -0.2) is 14.6 Å². The Balaban J connectivity index is 1.54. The number of thioether (sulfide) groups is 1. The lowest BCUT2D eigenvalue weighted by molar-refractivity contribution is 0.0952. The maximum Gasteiger partial charge on any atom is 0.252 e. The van der Waals surface area contributed by atoms with E-state index in [0.29, 0.717) is 28.9 Å². The van der Waals surface area contributed by atoms with Gasteiger partial charge in [0.2, 0.25) is 0 Å². The summed E-state index contributed by atoms with van der Waals surface area (Å²) < 4.78 is 1.84. The van der Waals surface area contributed by atoms with Crippen LogP contribution in [0, 0.1) is 0 Å². The first-order valence-electron chi connectivity index (χ1n) is 10.2. The van der Waals surface area contributed by atoms with Crippen molar-refractivity contribution in [2.45, 2.75) is 43.6 Å². The summed E-state index contributed by atoms with van der Waals surface area (Å²) in [7, 11) is 0. The molecule has 0 unspecified atom stereocenters. The summed E-state index contributed by atoms with van der Waals surface area (Å²) in [4.78, 5) is 24.3. The molecule has 158 valence electrons. The molecule has 3 aromatic rings. The molecule has 7 nitrogen and oxygen atoms in total. The first-order valence-corrected chi connectivity index (χ1v) is 11.5. The summed E-state index contributed by atoms with van der Waals surface area (Å²) in [5.74, 6) is 0.771. The molecule has 9 heteroatoms. The molecule has 1 N–H and O–H groups in total. The van der Waals surface area contributed by atoms with E-state index in [1.54, 1.807) is 36.0 Å². The van der Waals surface area contributed by atoms with Crippen molar-refractivity contribution in [1.82, 2.24) is 25.1 Å². The van der Waals surface area contributed by atoms with Crippen molar-refractivity contribution in [3.05, 3.63) is 41.0 Å². The van der Waals surface area contributed by atoms with Crippen molar-refractivity contribution in [2.75, 3.05) is 24.5 Å². The monoisotopic (exact) mass is 444 g/mol. The molecular weight excluding hydrogens is 420 g/mol. The normalized spacial score (nSPS) is 14.1. The van der Waals surface area contributed by atoms with E-state index < -0.39 is 0 Å². The van der Waals surface area contributed by atoms with Crippen LogP contribution in [0.15, 0.2) is 35.6 Å². The van der Waals surface area contributed by atoms with Crippen molar-refractivity contribution >= 4 is 46.1 Å². The fourth-order valence-electron chi connectivity index (χ4n) is 3.53.